The fourth-order valence-electron chi connectivity index (χ4n) is 1.51. The van der Waals surface area contributed by atoms with Crippen LogP contribution in [0.5, 0.6) is 0 Å². The molecule has 1 amide bonds. The second-order valence-electron chi connectivity index (χ2n) is 4.30. The molecular formula is C10H18F2N2O3. The highest BCUT2D eigenvalue weighted by Crippen LogP contribution is 2.15. The predicted octanol–water partition coefficient (Wildman–Crippen LogP) is -0.549. The van der Waals surface area contributed by atoms with Gasteiger partial charge in [0.2, 0.25) is 5.91 Å². The lowest BCUT2D eigenvalue weighted by atomic mass is 10.0. The molecule has 5 nitrogen and oxygen atoms in total. The molecule has 0 aromatic rings. The third kappa shape index (κ3) is 4.53. The summed E-state index contributed by atoms with van der Waals surface area (Å²) in [5.74, 6) is -0.521. The molecule has 0 radical (unpaired) electrons. The zero-order valence-electron chi connectivity index (χ0n) is 9.79. The van der Waals surface area contributed by atoms with Crippen molar-refractivity contribution in [3.05, 3.63) is 0 Å². The van der Waals surface area contributed by atoms with E-state index in [4.69, 9.17) is 9.84 Å². The summed E-state index contributed by atoms with van der Waals surface area (Å²) < 4.78 is 29.7. The molecular weight excluding hydrogens is 234 g/mol. The first-order valence-electron chi connectivity index (χ1n) is 5.48. The summed E-state index contributed by atoms with van der Waals surface area (Å²) in [6.45, 7) is 1.81. The summed E-state index contributed by atoms with van der Waals surface area (Å²) in [7, 11) is 0. The fraction of sp³-hybridized carbons (Fsp3) is 0.900. The monoisotopic (exact) mass is 252 g/mol. The minimum absolute atomic E-state index is 0.0957. The molecule has 17 heavy (non-hydrogen) atoms. The van der Waals surface area contributed by atoms with Gasteiger partial charge >= 0.3 is 0 Å². The van der Waals surface area contributed by atoms with Gasteiger partial charge < -0.3 is 20.1 Å². The highest BCUT2D eigenvalue weighted by molar-refractivity contribution is 5.77. The molecule has 100 valence electrons. The smallest absolute Gasteiger partial charge is 0.255 e. The molecule has 1 heterocycles. The molecule has 0 bridgehead atoms. The van der Waals surface area contributed by atoms with E-state index >= 15 is 0 Å². The lowest BCUT2D eigenvalue weighted by Crippen LogP contribution is -2.59. The van der Waals surface area contributed by atoms with Crippen LogP contribution in [0.2, 0.25) is 0 Å². The normalized spacial score (nSPS) is 17.9. The van der Waals surface area contributed by atoms with Gasteiger partial charge in [-0.15, -0.1) is 0 Å². The first-order valence-corrected chi connectivity index (χ1v) is 5.48. The van der Waals surface area contributed by atoms with E-state index in [-0.39, 0.29) is 25.4 Å². The fourth-order valence-corrected chi connectivity index (χ4v) is 1.51. The topological polar surface area (TPSA) is 61.8 Å². The average Bonchev–Trinajstić information content (AvgIpc) is 2.22. The number of amides is 1. The van der Waals surface area contributed by atoms with Crippen LogP contribution in [0.4, 0.5) is 8.78 Å². The van der Waals surface area contributed by atoms with Crippen molar-refractivity contribution < 1.29 is 23.4 Å². The number of ether oxygens (including phenoxy) is 1. The van der Waals surface area contributed by atoms with Crippen LogP contribution in [0.15, 0.2) is 0 Å². The van der Waals surface area contributed by atoms with Crippen LogP contribution in [0.25, 0.3) is 0 Å². The van der Waals surface area contributed by atoms with Crippen molar-refractivity contribution >= 4 is 5.91 Å². The second kappa shape index (κ2) is 6.23. The number of rotatable bonds is 7. The molecule has 0 aliphatic carbocycles. The van der Waals surface area contributed by atoms with Crippen molar-refractivity contribution in [2.75, 3.05) is 39.4 Å². The number of carbonyl (C=O) groups is 1. The molecule has 1 fully saturated rings. The van der Waals surface area contributed by atoms with Gasteiger partial charge in [0.25, 0.3) is 6.43 Å². The molecule has 7 heteroatoms. The van der Waals surface area contributed by atoms with Crippen molar-refractivity contribution in [1.29, 1.82) is 0 Å². The maximum absolute atomic E-state index is 12.2. The molecule has 1 rings (SSSR count). The Balaban J connectivity index is 2.35. The van der Waals surface area contributed by atoms with E-state index in [9.17, 15) is 13.6 Å². The molecule has 1 aliphatic heterocycles. The number of alkyl halides is 2. The molecule has 0 aromatic heterocycles. The van der Waals surface area contributed by atoms with Gasteiger partial charge in [-0.2, -0.15) is 0 Å². The third-order valence-electron chi connectivity index (χ3n) is 2.62. The lowest BCUT2D eigenvalue weighted by molar-refractivity contribution is -0.148. The van der Waals surface area contributed by atoms with E-state index in [1.54, 1.807) is 0 Å². The minimum atomic E-state index is -2.61. The Hall–Kier alpha value is -0.790. The van der Waals surface area contributed by atoms with Gasteiger partial charge in [0.15, 0.2) is 0 Å². The summed E-state index contributed by atoms with van der Waals surface area (Å²) >= 11 is 0. The summed E-state index contributed by atoms with van der Waals surface area (Å²) in [5.41, 5.74) is -0.384. The molecule has 0 unspecified atom stereocenters. The molecule has 2 N–H and O–H groups in total. The Kier molecular flexibility index (Phi) is 5.23. The van der Waals surface area contributed by atoms with Crippen LogP contribution in [0, 0.1) is 0 Å². The standard InChI is InChI=1S/C10H18F2N2O3/c1-10(6-13-7-10)17-5-9(16)14(2-3-15)4-8(11)12/h8,13,15H,2-7H2,1H3. The Morgan fingerprint density at radius 2 is 2.24 bits per heavy atom. The van der Waals surface area contributed by atoms with E-state index in [0.29, 0.717) is 13.1 Å². The van der Waals surface area contributed by atoms with Crippen LogP contribution in [-0.2, 0) is 9.53 Å². The molecule has 0 aromatic carbocycles. The van der Waals surface area contributed by atoms with Crippen molar-refractivity contribution in [3.63, 3.8) is 0 Å². The van der Waals surface area contributed by atoms with Crippen molar-refractivity contribution in [1.82, 2.24) is 10.2 Å². The number of halogens is 2. The zero-order valence-corrected chi connectivity index (χ0v) is 9.79. The zero-order chi connectivity index (χ0) is 12.9. The van der Waals surface area contributed by atoms with Crippen LogP contribution in [0.3, 0.4) is 0 Å². The second-order valence-corrected chi connectivity index (χ2v) is 4.30. The number of hydrogen-bond donors (Lipinski definition) is 2. The summed E-state index contributed by atoms with van der Waals surface area (Å²) in [4.78, 5) is 12.5. The van der Waals surface area contributed by atoms with Crippen molar-refractivity contribution in [2.24, 2.45) is 0 Å². The van der Waals surface area contributed by atoms with Crippen LogP contribution < -0.4 is 5.32 Å². The first kappa shape index (κ1) is 14.3. The maximum atomic E-state index is 12.2. The van der Waals surface area contributed by atoms with Gasteiger partial charge in [0, 0.05) is 19.6 Å². The molecule has 0 saturated carbocycles. The average molecular weight is 252 g/mol. The largest absolute Gasteiger partial charge is 0.395 e. The Morgan fingerprint density at radius 3 is 2.65 bits per heavy atom. The molecule has 0 atom stereocenters. The number of aliphatic hydroxyl groups excluding tert-OH is 1. The van der Waals surface area contributed by atoms with Crippen molar-refractivity contribution in [3.8, 4) is 0 Å². The Labute approximate surface area is 98.7 Å². The SMILES string of the molecule is CC1(OCC(=O)N(CCO)CC(F)F)CNC1. The molecule has 1 saturated heterocycles. The number of hydrogen-bond acceptors (Lipinski definition) is 4. The summed E-state index contributed by atoms with van der Waals surface area (Å²) in [6, 6.07) is 0. The van der Waals surface area contributed by atoms with Gasteiger partial charge in [0.05, 0.1) is 18.8 Å². The van der Waals surface area contributed by atoms with E-state index in [1.807, 2.05) is 6.92 Å². The van der Waals surface area contributed by atoms with E-state index < -0.39 is 18.9 Å². The highest BCUT2D eigenvalue weighted by Gasteiger charge is 2.33. The van der Waals surface area contributed by atoms with Crippen LogP contribution >= 0.6 is 0 Å². The minimum Gasteiger partial charge on any atom is -0.395 e. The van der Waals surface area contributed by atoms with E-state index in [2.05, 4.69) is 5.32 Å². The summed E-state index contributed by atoms with van der Waals surface area (Å²) in [5, 5.41) is 11.7. The van der Waals surface area contributed by atoms with Gasteiger partial charge in [-0.1, -0.05) is 0 Å². The third-order valence-corrected chi connectivity index (χ3v) is 2.62. The Morgan fingerprint density at radius 1 is 1.59 bits per heavy atom. The van der Waals surface area contributed by atoms with Crippen molar-refractivity contribution in [2.45, 2.75) is 19.0 Å². The quantitative estimate of drug-likeness (QED) is 0.638. The van der Waals surface area contributed by atoms with Gasteiger partial charge in [-0.3, -0.25) is 4.79 Å². The first-order chi connectivity index (χ1) is 7.97. The van der Waals surface area contributed by atoms with E-state index in [1.165, 1.54) is 0 Å². The Bertz CT molecular complexity index is 260. The number of carbonyl (C=O) groups excluding carboxylic acids is 1. The van der Waals surface area contributed by atoms with Gasteiger partial charge in [0.1, 0.15) is 6.61 Å². The lowest BCUT2D eigenvalue weighted by Gasteiger charge is -2.39. The predicted molar refractivity (Wildman–Crippen MR) is 56.9 cm³/mol. The van der Waals surface area contributed by atoms with Crippen LogP contribution in [-0.4, -0.2) is 67.3 Å². The molecule has 0 spiro atoms. The maximum Gasteiger partial charge on any atom is 0.255 e. The number of nitrogens with one attached hydrogen (secondary N) is 1. The highest BCUT2D eigenvalue weighted by atomic mass is 19.3. The van der Waals surface area contributed by atoms with Gasteiger partial charge in [-0.25, -0.2) is 8.78 Å². The van der Waals surface area contributed by atoms with Gasteiger partial charge in [-0.05, 0) is 6.92 Å². The summed E-state index contributed by atoms with van der Waals surface area (Å²) in [6.07, 6.45) is -2.61. The number of aliphatic hydroxyl groups is 1. The molecule has 1 aliphatic rings. The van der Waals surface area contributed by atoms with E-state index in [0.717, 1.165) is 4.90 Å². The van der Waals surface area contributed by atoms with Crippen LogP contribution in [0.1, 0.15) is 6.92 Å². The number of nitrogens with zero attached hydrogens (tertiary/aromatic N) is 1.